The number of hydrogen-bond acceptors (Lipinski definition) is 2. The fraction of sp³-hybridized carbons (Fsp3) is 0.611. The number of rotatable bonds is 5. The zero-order chi connectivity index (χ0) is 15.6. The quantitative estimate of drug-likeness (QED) is 0.905. The number of likely N-dealkylation sites (tertiary alicyclic amines) is 1. The first-order valence-corrected chi connectivity index (χ1v) is 8.00. The van der Waals surface area contributed by atoms with Crippen LogP contribution in [0, 0.1) is 11.8 Å². The summed E-state index contributed by atoms with van der Waals surface area (Å²) in [5.74, 6) is 0.300. The molecule has 0 radical (unpaired) electrons. The lowest BCUT2D eigenvalue weighted by Crippen LogP contribution is -2.52. The lowest BCUT2D eigenvalue weighted by atomic mass is 9.62. The van der Waals surface area contributed by atoms with Gasteiger partial charge in [0.2, 0.25) is 5.91 Å². The van der Waals surface area contributed by atoms with Crippen molar-refractivity contribution < 1.29 is 4.79 Å². The molecule has 1 aliphatic rings. The molecule has 1 aromatic carbocycles. The predicted molar refractivity (Wildman–Crippen MR) is 87.0 cm³/mol. The smallest absolute Gasteiger partial charge is 0.228 e. The third-order valence-corrected chi connectivity index (χ3v) is 5.16. The average Bonchev–Trinajstić information content (AvgIpc) is 2.90. The summed E-state index contributed by atoms with van der Waals surface area (Å²) in [6, 6.07) is 10.6. The number of primary amides is 1. The number of amides is 1. The molecule has 3 heteroatoms. The van der Waals surface area contributed by atoms with Gasteiger partial charge in [0.25, 0.3) is 0 Å². The van der Waals surface area contributed by atoms with Crippen molar-refractivity contribution in [1.29, 1.82) is 0 Å². The molecule has 1 fully saturated rings. The third-order valence-electron chi connectivity index (χ3n) is 5.16. The maximum absolute atomic E-state index is 12.5. The van der Waals surface area contributed by atoms with Gasteiger partial charge in [-0.15, -0.1) is 0 Å². The van der Waals surface area contributed by atoms with Gasteiger partial charge < -0.3 is 10.6 Å². The molecule has 2 rings (SSSR count). The summed E-state index contributed by atoms with van der Waals surface area (Å²) in [6.07, 6.45) is 1.04. The lowest BCUT2D eigenvalue weighted by molar-refractivity contribution is -0.127. The molecule has 0 bridgehead atoms. The van der Waals surface area contributed by atoms with E-state index >= 15 is 0 Å². The minimum atomic E-state index is -0.565. The van der Waals surface area contributed by atoms with E-state index in [2.05, 4.69) is 44.7 Å². The van der Waals surface area contributed by atoms with Crippen molar-refractivity contribution in [1.82, 2.24) is 4.90 Å². The number of nitrogens with two attached hydrogens (primary N) is 1. The molecular weight excluding hydrogens is 260 g/mol. The van der Waals surface area contributed by atoms with Crippen LogP contribution in [0.4, 0.5) is 0 Å². The molecule has 0 aliphatic carbocycles. The number of benzene rings is 1. The van der Waals surface area contributed by atoms with Gasteiger partial charge in [-0.05, 0) is 44.2 Å². The Morgan fingerprint density at radius 2 is 1.86 bits per heavy atom. The predicted octanol–water partition coefficient (Wildman–Crippen LogP) is 2.80. The van der Waals surface area contributed by atoms with Crippen LogP contribution >= 0.6 is 0 Å². The summed E-state index contributed by atoms with van der Waals surface area (Å²) < 4.78 is 0. The van der Waals surface area contributed by atoms with Crippen molar-refractivity contribution >= 4 is 5.91 Å². The topological polar surface area (TPSA) is 46.3 Å². The Bertz CT molecular complexity index is 483. The molecule has 3 nitrogen and oxygen atoms in total. The highest BCUT2D eigenvalue weighted by molar-refractivity contribution is 5.87. The molecule has 2 N–H and O–H groups in total. The van der Waals surface area contributed by atoms with Crippen LogP contribution in [0.25, 0.3) is 0 Å². The van der Waals surface area contributed by atoms with Gasteiger partial charge in [-0.2, -0.15) is 0 Å². The molecule has 21 heavy (non-hydrogen) atoms. The SMILES string of the molecule is CC(C)N1CC[C@@H]([C@](C(N)=O)(c2ccccc2)C(C)C)C1. The fourth-order valence-corrected chi connectivity index (χ4v) is 4.01. The van der Waals surface area contributed by atoms with E-state index in [1.54, 1.807) is 0 Å². The maximum Gasteiger partial charge on any atom is 0.228 e. The number of nitrogens with zero attached hydrogens (tertiary/aromatic N) is 1. The van der Waals surface area contributed by atoms with E-state index in [9.17, 15) is 4.79 Å². The van der Waals surface area contributed by atoms with E-state index in [0.717, 1.165) is 25.1 Å². The monoisotopic (exact) mass is 288 g/mol. The summed E-state index contributed by atoms with van der Waals surface area (Å²) in [5.41, 5.74) is 6.46. The summed E-state index contributed by atoms with van der Waals surface area (Å²) in [6.45, 7) is 10.7. The van der Waals surface area contributed by atoms with Gasteiger partial charge in [0.1, 0.15) is 0 Å². The van der Waals surface area contributed by atoms with Crippen LogP contribution in [0.5, 0.6) is 0 Å². The van der Waals surface area contributed by atoms with Crippen molar-refractivity contribution in [3.63, 3.8) is 0 Å². The number of hydrogen-bond donors (Lipinski definition) is 1. The van der Waals surface area contributed by atoms with Gasteiger partial charge in [-0.25, -0.2) is 0 Å². The maximum atomic E-state index is 12.5. The molecule has 1 aromatic rings. The first-order valence-electron chi connectivity index (χ1n) is 8.00. The van der Waals surface area contributed by atoms with Crippen LogP contribution in [0.15, 0.2) is 30.3 Å². The normalized spacial score (nSPS) is 22.7. The molecule has 1 heterocycles. The van der Waals surface area contributed by atoms with Gasteiger partial charge in [0.05, 0.1) is 5.41 Å². The molecular formula is C18H28N2O. The number of carbonyl (C=O) groups excluding carboxylic acids is 1. The number of carbonyl (C=O) groups is 1. The zero-order valence-corrected chi connectivity index (χ0v) is 13.7. The second-order valence-electron chi connectivity index (χ2n) is 6.83. The minimum Gasteiger partial charge on any atom is -0.369 e. The van der Waals surface area contributed by atoms with Crippen molar-refractivity contribution in [3.8, 4) is 0 Å². The van der Waals surface area contributed by atoms with Gasteiger partial charge >= 0.3 is 0 Å². The van der Waals surface area contributed by atoms with Crippen LogP contribution in [0.1, 0.15) is 39.7 Å². The molecule has 116 valence electrons. The van der Waals surface area contributed by atoms with E-state index in [-0.39, 0.29) is 11.8 Å². The Kier molecular flexibility index (Phi) is 4.72. The summed E-state index contributed by atoms with van der Waals surface area (Å²) in [7, 11) is 0. The standard InChI is InChI=1S/C18H28N2O/c1-13(2)18(17(19)21,15-8-6-5-7-9-15)16-10-11-20(12-16)14(3)4/h5-9,13-14,16H,10-12H2,1-4H3,(H2,19,21)/t16-,18-/m1/s1. The van der Waals surface area contributed by atoms with Gasteiger partial charge in [-0.1, -0.05) is 44.2 Å². The second kappa shape index (κ2) is 6.18. The van der Waals surface area contributed by atoms with Crippen LogP contribution in [-0.2, 0) is 10.2 Å². The van der Waals surface area contributed by atoms with Gasteiger partial charge in [0.15, 0.2) is 0 Å². The first kappa shape index (κ1) is 16.0. The highest BCUT2D eigenvalue weighted by Crippen LogP contribution is 2.44. The van der Waals surface area contributed by atoms with Crippen LogP contribution in [0.3, 0.4) is 0 Å². The molecule has 2 atom stereocenters. The van der Waals surface area contributed by atoms with Crippen LogP contribution < -0.4 is 5.73 Å². The largest absolute Gasteiger partial charge is 0.369 e. The Labute approximate surface area is 128 Å². The molecule has 0 spiro atoms. The fourth-order valence-electron chi connectivity index (χ4n) is 4.01. The van der Waals surface area contributed by atoms with Crippen molar-refractivity contribution in [3.05, 3.63) is 35.9 Å². The summed E-state index contributed by atoms with van der Waals surface area (Å²) >= 11 is 0. The molecule has 0 aromatic heterocycles. The molecule has 1 aliphatic heterocycles. The highest BCUT2D eigenvalue weighted by Gasteiger charge is 2.50. The highest BCUT2D eigenvalue weighted by atomic mass is 16.1. The van der Waals surface area contributed by atoms with E-state index in [1.807, 2.05) is 18.2 Å². The van der Waals surface area contributed by atoms with Gasteiger partial charge in [-0.3, -0.25) is 4.79 Å². The third kappa shape index (κ3) is 2.71. The van der Waals surface area contributed by atoms with Crippen LogP contribution in [0.2, 0.25) is 0 Å². The lowest BCUT2D eigenvalue weighted by Gasteiger charge is -2.40. The van der Waals surface area contributed by atoms with E-state index in [1.165, 1.54) is 0 Å². The Hall–Kier alpha value is -1.35. The van der Waals surface area contributed by atoms with E-state index in [0.29, 0.717) is 12.0 Å². The first-order chi connectivity index (χ1) is 9.90. The zero-order valence-electron chi connectivity index (χ0n) is 13.7. The second-order valence-corrected chi connectivity index (χ2v) is 6.83. The van der Waals surface area contributed by atoms with Crippen molar-refractivity contribution in [2.75, 3.05) is 13.1 Å². The molecule has 0 unspecified atom stereocenters. The van der Waals surface area contributed by atoms with E-state index in [4.69, 9.17) is 5.73 Å². The van der Waals surface area contributed by atoms with Crippen molar-refractivity contribution in [2.24, 2.45) is 17.6 Å². The molecule has 1 saturated heterocycles. The average molecular weight is 288 g/mol. The molecule has 1 amide bonds. The van der Waals surface area contributed by atoms with Gasteiger partial charge in [0, 0.05) is 12.6 Å². The van der Waals surface area contributed by atoms with Crippen molar-refractivity contribution in [2.45, 2.75) is 45.6 Å². The van der Waals surface area contributed by atoms with E-state index < -0.39 is 5.41 Å². The van der Waals surface area contributed by atoms with Crippen LogP contribution in [-0.4, -0.2) is 29.9 Å². The molecule has 0 saturated carbocycles. The summed E-state index contributed by atoms with van der Waals surface area (Å²) in [4.78, 5) is 15.0. The Morgan fingerprint density at radius 3 is 2.29 bits per heavy atom. The Balaban J connectivity index is 2.45. The minimum absolute atomic E-state index is 0.181. The Morgan fingerprint density at radius 1 is 1.24 bits per heavy atom. The summed E-state index contributed by atoms with van der Waals surface area (Å²) in [5, 5.41) is 0.